The summed E-state index contributed by atoms with van der Waals surface area (Å²) in [7, 11) is 0. The van der Waals surface area contributed by atoms with Crippen LogP contribution in [0, 0.1) is 0 Å². The lowest BCUT2D eigenvalue weighted by molar-refractivity contribution is 0.0951. The first kappa shape index (κ1) is 10.8. The Morgan fingerprint density at radius 1 is 1.06 bits per heavy atom. The fourth-order valence-corrected chi connectivity index (χ4v) is 1.82. The maximum absolute atomic E-state index is 11.8. The zero-order chi connectivity index (χ0) is 11.7. The molecular weight excluding hydrogens is 212 g/mol. The third-order valence-corrected chi connectivity index (χ3v) is 3.30. The summed E-state index contributed by atoms with van der Waals surface area (Å²) in [5, 5.41) is 6.46. The zero-order valence-corrected chi connectivity index (χ0v) is 9.91. The van der Waals surface area contributed by atoms with Crippen molar-refractivity contribution < 1.29 is 4.79 Å². The van der Waals surface area contributed by atoms with E-state index in [-0.39, 0.29) is 5.91 Å². The van der Waals surface area contributed by atoms with Gasteiger partial charge in [-0.05, 0) is 43.4 Å². The van der Waals surface area contributed by atoms with Gasteiger partial charge in [0, 0.05) is 24.2 Å². The summed E-state index contributed by atoms with van der Waals surface area (Å²) in [6, 6.07) is 9.07. The number of carbonyl (C=O) groups excluding carboxylic acids is 1. The van der Waals surface area contributed by atoms with Crippen LogP contribution in [0.2, 0.25) is 0 Å². The minimum absolute atomic E-state index is 0.0641. The van der Waals surface area contributed by atoms with Gasteiger partial charge in [-0.2, -0.15) is 0 Å². The van der Waals surface area contributed by atoms with Crippen LogP contribution in [-0.2, 0) is 6.54 Å². The van der Waals surface area contributed by atoms with Crippen LogP contribution in [0.15, 0.2) is 24.3 Å². The maximum Gasteiger partial charge on any atom is 0.251 e. The van der Waals surface area contributed by atoms with Crippen LogP contribution in [0.5, 0.6) is 0 Å². The van der Waals surface area contributed by atoms with Gasteiger partial charge >= 0.3 is 0 Å². The van der Waals surface area contributed by atoms with Crippen LogP contribution in [0.4, 0.5) is 0 Å². The Morgan fingerprint density at radius 2 is 1.71 bits per heavy atom. The first-order valence-electron chi connectivity index (χ1n) is 6.44. The molecule has 0 aromatic heterocycles. The molecule has 2 saturated carbocycles. The highest BCUT2D eigenvalue weighted by Gasteiger charge is 2.23. The topological polar surface area (TPSA) is 41.1 Å². The normalized spacial score (nSPS) is 19.1. The molecule has 0 atom stereocenters. The van der Waals surface area contributed by atoms with Crippen molar-refractivity contribution in [2.45, 2.75) is 44.3 Å². The number of benzene rings is 1. The molecule has 3 rings (SSSR count). The number of rotatable bonds is 5. The number of nitrogens with one attached hydrogen (secondary N) is 2. The second-order valence-corrected chi connectivity index (χ2v) is 5.10. The quantitative estimate of drug-likeness (QED) is 0.810. The fraction of sp³-hybridized carbons (Fsp3) is 0.500. The summed E-state index contributed by atoms with van der Waals surface area (Å²) in [4.78, 5) is 11.8. The average molecular weight is 230 g/mol. The molecule has 0 unspecified atom stereocenters. The van der Waals surface area contributed by atoms with Crippen molar-refractivity contribution in [2.75, 3.05) is 0 Å². The smallest absolute Gasteiger partial charge is 0.251 e. The van der Waals surface area contributed by atoms with Crippen LogP contribution in [0.3, 0.4) is 0 Å². The Balaban J connectivity index is 1.55. The Morgan fingerprint density at radius 3 is 2.29 bits per heavy atom. The summed E-state index contributed by atoms with van der Waals surface area (Å²) in [6.45, 7) is 0.912. The van der Waals surface area contributed by atoms with E-state index in [0.29, 0.717) is 6.04 Å². The van der Waals surface area contributed by atoms with Crippen molar-refractivity contribution in [2.24, 2.45) is 0 Å². The van der Waals surface area contributed by atoms with Crippen molar-refractivity contribution in [1.82, 2.24) is 10.6 Å². The molecule has 0 radical (unpaired) electrons. The summed E-state index contributed by atoms with van der Waals surface area (Å²) in [5.41, 5.74) is 2.02. The van der Waals surface area contributed by atoms with Gasteiger partial charge in [0.2, 0.25) is 0 Å². The molecule has 3 heteroatoms. The fourth-order valence-electron chi connectivity index (χ4n) is 1.82. The van der Waals surface area contributed by atoms with Crippen molar-refractivity contribution in [3.8, 4) is 0 Å². The minimum Gasteiger partial charge on any atom is -0.349 e. The summed E-state index contributed by atoms with van der Waals surface area (Å²) in [5.74, 6) is 0.0641. The molecule has 2 fully saturated rings. The van der Waals surface area contributed by atoms with Crippen molar-refractivity contribution in [1.29, 1.82) is 0 Å². The second-order valence-electron chi connectivity index (χ2n) is 5.10. The standard InChI is InChI=1S/C14H18N2O/c17-14(16-13-7-8-13)11-3-1-10(2-4-11)9-15-12-5-6-12/h1-4,12-13,15H,5-9H2,(H,16,17). The molecular formula is C14H18N2O. The van der Waals surface area contributed by atoms with Gasteiger partial charge in [-0.25, -0.2) is 0 Å². The van der Waals surface area contributed by atoms with Gasteiger partial charge in [0.25, 0.3) is 5.91 Å². The van der Waals surface area contributed by atoms with Gasteiger partial charge in [-0.3, -0.25) is 4.79 Å². The number of hydrogen-bond donors (Lipinski definition) is 2. The van der Waals surface area contributed by atoms with E-state index in [2.05, 4.69) is 10.6 Å². The van der Waals surface area contributed by atoms with Crippen LogP contribution < -0.4 is 10.6 Å². The van der Waals surface area contributed by atoms with E-state index >= 15 is 0 Å². The molecule has 2 N–H and O–H groups in total. The second kappa shape index (κ2) is 4.49. The first-order chi connectivity index (χ1) is 8.31. The predicted octanol–water partition coefficient (Wildman–Crippen LogP) is 1.83. The zero-order valence-electron chi connectivity index (χ0n) is 9.91. The van der Waals surface area contributed by atoms with E-state index in [9.17, 15) is 4.79 Å². The Hall–Kier alpha value is -1.35. The Kier molecular flexibility index (Phi) is 2.85. The number of amides is 1. The summed E-state index contributed by atoms with van der Waals surface area (Å²) >= 11 is 0. The van der Waals surface area contributed by atoms with E-state index in [1.54, 1.807) is 0 Å². The van der Waals surface area contributed by atoms with E-state index < -0.39 is 0 Å². The van der Waals surface area contributed by atoms with Gasteiger partial charge in [0.05, 0.1) is 0 Å². The van der Waals surface area contributed by atoms with Gasteiger partial charge in [0.15, 0.2) is 0 Å². The van der Waals surface area contributed by atoms with Crippen LogP contribution in [-0.4, -0.2) is 18.0 Å². The SMILES string of the molecule is O=C(NC1CC1)c1ccc(CNC2CC2)cc1. The average Bonchev–Trinajstić information content (AvgIpc) is 3.22. The molecule has 1 aromatic rings. The van der Waals surface area contributed by atoms with Gasteiger partial charge < -0.3 is 10.6 Å². The molecule has 90 valence electrons. The molecule has 0 heterocycles. The summed E-state index contributed by atoms with van der Waals surface area (Å²) in [6.07, 6.45) is 4.88. The Bertz CT molecular complexity index is 405. The van der Waals surface area contributed by atoms with Gasteiger partial charge in [0.1, 0.15) is 0 Å². The molecule has 3 nitrogen and oxygen atoms in total. The van der Waals surface area contributed by atoms with Crippen molar-refractivity contribution in [3.05, 3.63) is 35.4 Å². The highest BCUT2D eigenvalue weighted by molar-refractivity contribution is 5.94. The highest BCUT2D eigenvalue weighted by atomic mass is 16.1. The third-order valence-electron chi connectivity index (χ3n) is 3.30. The first-order valence-corrected chi connectivity index (χ1v) is 6.44. The number of hydrogen-bond acceptors (Lipinski definition) is 2. The molecule has 0 saturated heterocycles. The van der Waals surface area contributed by atoms with Crippen LogP contribution in [0.1, 0.15) is 41.6 Å². The minimum atomic E-state index is 0.0641. The van der Waals surface area contributed by atoms with Crippen molar-refractivity contribution in [3.63, 3.8) is 0 Å². The maximum atomic E-state index is 11.8. The van der Waals surface area contributed by atoms with E-state index in [0.717, 1.165) is 31.0 Å². The Labute approximate surface area is 102 Å². The lowest BCUT2D eigenvalue weighted by atomic mass is 10.1. The van der Waals surface area contributed by atoms with E-state index in [1.807, 2.05) is 24.3 Å². The molecule has 2 aliphatic rings. The highest BCUT2D eigenvalue weighted by Crippen LogP contribution is 2.20. The third kappa shape index (κ3) is 3.07. The molecule has 1 amide bonds. The monoisotopic (exact) mass is 230 g/mol. The lowest BCUT2D eigenvalue weighted by Gasteiger charge is -2.06. The van der Waals surface area contributed by atoms with Gasteiger partial charge in [-0.15, -0.1) is 0 Å². The largest absolute Gasteiger partial charge is 0.349 e. The molecule has 0 aliphatic heterocycles. The summed E-state index contributed by atoms with van der Waals surface area (Å²) < 4.78 is 0. The molecule has 0 spiro atoms. The molecule has 0 bridgehead atoms. The lowest BCUT2D eigenvalue weighted by Crippen LogP contribution is -2.25. The van der Waals surface area contributed by atoms with E-state index in [1.165, 1.54) is 18.4 Å². The van der Waals surface area contributed by atoms with Crippen LogP contribution >= 0.6 is 0 Å². The predicted molar refractivity (Wildman–Crippen MR) is 66.8 cm³/mol. The molecule has 17 heavy (non-hydrogen) atoms. The number of carbonyl (C=O) groups is 1. The van der Waals surface area contributed by atoms with Gasteiger partial charge in [-0.1, -0.05) is 12.1 Å². The van der Waals surface area contributed by atoms with Crippen molar-refractivity contribution >= 4 is 5.91 Å². The molecule has 2 aliphatic carbocycles. The molecule has 1 aromatic carbocycles. The van der Waals surface area contributed by atoms with Crippen LogP contribution in [0.25, 0.3) is 0 Å². The van der Waals surface area contributed by atoms with E-state index in [4.69, 9.17) is 0 Å².